The molecule has 0 unspecified atom stereocenters. The molecule has 1 aromatic carbocycles. The molecular weight excluding hydrogens is 400 g/mol. The molecule has 30 heavy (non-hydrogen) atoms. The SMILES string of the molecule is CC(C)S(=O)(=O)N1CCC(N(C)c2nnc(-c3ccnn3C)c3ccccc23)CC1. The summed E-state index contributed by atoms with van der Waals surface area (Å²) < 4.78 is 28.4. The second-order valence-electron chi connectivity index (χ2n) is 8.09. The summed E-state index contributed by atoms with van der Waals surface area (Å²) in [5.41, 5.74) is 1.72. The fraction of sp³-hybridized carbons (Fsp3) is 0.476. The van der Waals surface area contributed by atoms with Gasteiger partial charge in [0.25, 0.3) is 0 Å². The maximum atomic E-state index is 12.5. The maximum absolute atomic E-state index is 12.5. The van der Waals surface area contributed by atoms with Crippen LogP contribution in [0.25, 0.3) is 22.2 Å². The number of fused-ring (bicyclic) bond motifs is 1. The third kappa shape index (κ3) is 3.56. The maximum Gasteiger partial charge on any atom is 0.216 e. The van der Waals surface area contributed by atoms with Gasteiger partial charge in [0.2, 0.25) is 10.0 Å². The molecule has 4 rings (SSSR count). The van der Waals surface area contributed by atoms with Gasteiger partial charge in [0, 0.05) is 50.2 Å². The number of aryl methyl sites for hydroxylation is 1. The molecule has 8 nitrogen and oxygen atoms in total. The number of hydrogen-bond acceptors (Lipinski definition) is 6. The van der Waals surface area contributed by atoms with E-state index in [2.05, 4.69) is 32.3 Å². The number of hydrogen-bond donors (Lipinski definition) is 0. The number of piperidine rings is 1. The normalized spacial score (nSPS) is 16.4. The van der Waals surface area contributed by atoms with Gasteiger partial charge in [-0.05, 0) is 32.8 Å². The van der Waals surface area contributed by atoms with Gasteiger partial charge in [0.1, 0.15) is 5.69 Å². The van der Waals surface area contributed by atoms with E-state index in [0.29, 0.717) is 13.1 Å². The first-order valence-electron chi connectivity index (χ1n) is 10.3. The van der Waals surface area contributed by atoms with E-state index in [9.17, 15) is 8.42 Å². The molecule has 2 aromatic heterocycles. The van der Waals surface area contributed by atoms with Gasteiger partial charge in [0.05, 0.1) is 10.9 Å². The largest absolute Gasteiger partial charge is 0.355 e. The Bertz CT molecular complexity index is 1150. The van der Waals surface area contributed by atoms with E-state index in [1.165, 1.54) is 0 Å². The zero-order chi connectivity index (χ0) is 21.5. The monoisotopic (exact) mass is 428 g/mol. The lowest BCUT2D eigenvalue weighted by Crippen LogP contribution is -2.47. The van der Waals surface area contributed by atoms with Crippen LogP contribution in [0.3, 0.4) is 0 Å². The van der Waals surface area contributed by atoms with Crippen molar-refractivity contribution in [2.45, 2.75) is 38.0 Å². The fourth-order valence-electron chi connectivity index (χ4n) is 4.10. The van der Waals surface area contributed by atoms with Crippen LogP contribution in [0, 0.1) is 0 Å². The molecule has 160 valence electrons. The minimum absolute atomic E-state index is 0.212. The predicted octanol–water partition coefficient (Wildman–Crippen LogP) is 2.67. The number of benzene rings is 1. The van der Waals surface area contributed by atoms with Crippen molar-refractivity contribution in [2.24, 2.45) is 7.05 Å². The van der Waals surface area contributed by atoms with E-state index in [4.69, 9.17) is 0 Å². The van der Waals surface area contributed by atoms with Crippen LogP contribution in [0.1, 0.15) is 26.7 Å². The van der Waals surface area contributed by atoms with Gasteiger partial charge < -0.3 is 4.90 Å². The van der Waals surface area contributed by atoms with Crippen molar-refractivity contribution in [1.82, 2.24) is 24.3 Å². The van der Waals surface area contributed by atoms with E-state index in [1.807, 2.05) is 32.3 Å². The predicted molar refractivity (Wildman–Crippen MR) is 119 cm³/mol. The summed E-state index contributed by atoms with van der Waals surface area (Å²) >= 11 is 0. The first-order valence-corrected chi connectivity index (χ1v) is 11.8. The fourth-order valence-corrected chi connectivity index (χ4v) is 5.42. The summed E-state index contributed by atoms with van der Waals surface area (Å²) in [5, 5.41) is 15.0. The molecular formula is C21H28N6O2S. The third-order valence-corrected chi connectivity index (χ3v) is 8.27. The topological polar surface area (TPSA) is 84.2 Å². The van der Waals surface area contributed by atoms with Crippen LogP contribution in [-0.4, -0.2) is 64.1 Å². The lowest BCUT2D eigenvalue weighted by Gasteiger charge is -2.37. The van der Waals surface area contributed by atoms with Crippen molar-refractivity contribution in [3.05, 3.63) is 36.5 Å². The lowest BCUT2D eigenvalue weighted by molar-refractivity contribution is 0.312. The number of aromatic nitrogens is 4. The molecule has 3 heterocycles. The minimum Gasteiger partial charge on any atom is -0.355 e. The van der Waals surface area contributed by atoms with Gasteiger partial charge in [-0.15, -0.1) is 10.2 Å². The van der Waals surface area contributed by atoms with Crippen molar-refractivity contribution < 1.29 is 8.42 Å². The van der Waals surface area contributed by atoms with E-state index in [0.717, 1.165) is 40.8 Å². The Morgan fingerprint density at radius 1 is 1.07 bits per heavy atom. The molecule has 3 aromatic rings. The second kappa shape index (κ2) is 7.96. The number of rotatable bonds is 5. The van der Waals surface area contributed by atoms with Crippen molar-refractivity contribution in [2.75, 3.05) is 25.0 Å². The third-order valence-electron chi connectivity index (χ3n) is 5.99. The van der Waals surface area contributed by atoms with Crippen LogP contribution in [0.5, 0.6) is 0 Å². The molecule has 1 fully saturated rings. The highest BCUT2D eigenvalue weighted by Crippen LogP contribution is 2.32. The van der Waals surface area contributed by atoms with Gasteiger partial charge in [-0.3, -0.25) is 4.68 Å². The summed E-state index contributed by atoms with van der Waals surface area (Å²) in [7, 11) is 0.714. The molecule has 9 heteroatoms. The standard InChI is InChI=1S/C21H28N6O2S/c1-15(2)30(28,29)27-13-10-16(11-14-27)25(3)21-18-8-6-5-7-17(18)20(23-24-21)19-9-12-22-26(19)4/h5-9,12,15-16H,10-11,13-14H2,1-4H3. The highest BCUT2D eigenvalue weighted by atomic mass is 32.2. The Kier molecular flexibility index (Phi) is 5.50. The Morgan fingerprint density at radius 3 is 2.33 bits per heavy atom. The van der Waals surface area contributed by atoms with Gasteiger partial charge in [-0.2, -0.15) is 5.10 Å². The van der Waals surface area contributed by atoms with Crippen LogP contribution >= 0.6 is 0 Å². The molecule has 1 saturated heterocycles. The van der Waals surface area contributed by atoms with Gasteiger partial charge in [0.15, 0.2) is 5.82 Å². The first kappa shape index (κ1) is 20.7. The molecule has 0 bridgehead atoms. The van der Waals surface area contributed by atoms with E-state index >= 15 is 0 Å². The molecule has 1 aliphatic rings. The smallest absolute Gasteiger partial charge is 0.216 e. The average molecular weight is 429 g/mol. The quantitative estimate of drug-likeness (QED) is 0.621. The highest BCUT2D eigenvalue weighted by Gasteiger charge is 2.32. The van der Waals surface area contributed by atoms with Gasteiger partial charge >= 0.3 is 0 Å². The summed E-state index contributed by atoms with van der Waals surface area (Å²) in [6.45, 7) is 4.54. The van der Waals surface area contributed by atoms with E-state index < -0.39 is 10.0 Å². The van der Waals surface area contributed by atoms with Crippen molar-refractivity contribution >= 4 is 26.6 Å². The first-order chi connectivity index (χ1) is 14.3. The van der Waals surface area contributed by atoms with Crippen LogP contribution < -0.4 is 4.90 Å². The van der Waals surface area contributed by atoms with Crippen LogP contribution in [0.2, 0.25) is 0 Å². The molecule has 0 aliphatic carbocycles. The Labute approximate surface area is 177 Å². The van der Waals surface area contributed by atoms with E-state index in [1.54, 1.807) is 29.0 Å². The number of anilines is 1. The van der Waals surface area contributed by atoms with Gasteiger partial charge in [-0.1, -0.05) is 24.3 Å². The van der Waals surface area contributed by atoms with Crippen LogP contribution in [-0.2, 0) is 17.1 Å². The Hall–Kier alpha value is -2.52. The lowest BCUT2D eigenvalue weighted by atomic mass is 10.0. The number of nitrogens with zero attached hydrogens (tertiary/aromatic N) is 6. The highest BCUT2D eigenvalue weighted by molar-refractivity contribution is 7.89. The summed E-state index contributed by atoms with van der Waals surface area (Å²) in [6, 6.07) is 10.3. The van der Waals surface area contributed by atoms with Crippen LogP contribution in [0.15, 0.2) is 36.5 Å². The summed E-state index contributed by atoms with van der Waals surface area (Å²) in [6.07, 6.45) is 3.29. The minimum atomic E-state index is -3.20. The summed E-state index contributed by atoms with van der Waals surface area (Å²) in [4.78, 5) is 2.15. The zero-order valence-corrected chi connectivity index (χ0v) is 18.7. The number of sulfonamides is 1. The molecule has 1 aliphatic heterocycles. The molecule has 0 atom stereocenters. The molecule has 0 N–H and O–H groups in total. The van der Waals surface area contributed by atoms with Crippen molar-refractivity contribution in [1.29, 1.82) is 0 Å². The Balaban J connectivity index is 1.62. The molecule has 0 amide bonds. The van der Waals surface area contributed by atoms with Crippen LogP contribution in [0.4, 0.5) is 5.82 Å². The summed E-state index contributed by atoms with van der Waals surface area (Å²) in [5.74, 6) is 0.821. The van der Waals surface area contributed by atoms with E-state index in [-0.39, 0.29) is 11.3 Å². The van der Waals surface area contributed by atoms with Crippen molar-refractivity contribution in [3.8, 4) is 11.4 Å². The van der Waals surface area contributed by atoms with Crippen molar-refractivity contribution in [3.63, 3.8) is 0 Å². The Morgan fingerprint density at radius 2 is 1.73 bits per heavy atom. The van der Waals surface area contributed by atoms with Gasteiger partial charge in [-0.25, -0.2) is 12.7 Å². The molecule has 0 spiro atoms. The second-order valence-corrected chi connectivity index (χ2v) is 10.6. The average Bonchev–Trinajstić information content (AvgIpc) is 3.18. The zero-order valence-electron chi connectivity index (χ0n) is 17.9. The molecule has 0 saturated carbocycles. The molecule has 0 radical (unpaired) electrons.